The number of methoxy groups -OCH3 is 1. The molecule has 2 heterocycles. The van der Waals surface area contributed by atoms with Crippen LogP contribution in [0.5, 0.6) is 23.0 Å². The highest BCUT2D eigenvalue weighted by molar-refractivity contribution is 7.16. The van der Waals surface area contributed by atoms with Gasteiger partial charge in [-0.25, -0.2) is 0 Å². The molecular formula is C26H22N2O6S. The van der Waals surface area contributed by atoms with E-state index in [0.717, 1.165) is 10.2 Å². The molecular weight excluding hydrogens is 468 g/mol. The summed E-state index contributed by atoms with van der Waals surface area (Å²) in [6.07, 6.45) is 0.131. The van der Waals surface area contributed by atoms with Gasteiger partial charge in [-0.3, -0.25) is 9.59 Å². The summed E-state index contributed by atoms with van der Waals surface area (Å²) in [4.78, 5) is 30.0. The van der Waals surface area contributed by atoms with Gasteiger partial charge < -0.3 is 23.5 Å². The fourth-order valence-corrected chi connectivity index (χ4v) is 4.77. The number of hydrogen-bond donors (Lipinski definition) is 0. The molecule has 8 nitrogen and oxygen atoms in total. The Morgan fingerprint density at radius 3 is 2.49 bits per heavy atom. The number of esters is 1. The standard InChI is InChI=1S/C26H22N2O6S/c1-31-24(29)11-12-28-19-15-21-22(33-14-13-32-21)16-23(19)35-26(28)27-25(30)18-9-5-6-10-20(18)34-17-7-3-2-4-8-17/h2-10,15-16H,11-14H2,1H3. The van der Waals surface area contributed by atoms with Gasteiger partial charge in [0.25, 0.3) is 5.91 Å². The summed E-state index contributed by atoms with van der Waals surface area (Å²) in [5.74, 6) is 1.48. The van der Waals surface area contributed by atoms with Crippen LogP contribution in [0.3, 0.4) is 0 Å². The van der Waals surface area contributed by atoms with E-state index >= 15 is 0 Å². The summed E-state index contributed by atoms with van der Waals surface area (Å²) < 4.78 is 24.9. The number of amides is 1. The fourth-order valence-electron chi connectivity index (χ4n) is 3.71. The molecule has 0 saturated heterocycles. The summed E-state index contributed by atoms with van der Waals surface area (Å²) in [7, 11) is 1.35. The lowest BCUT2D eigenvalue weighted by Gasteiger charge is -2.18. The third kappa shape index (κ3) is 4.90. The smallest absolute Gasteiger partial charge is 0.307 e. The van der Waals surface area contributed by atoms with E-state index in [-0.39, 0.29) is 12.4 Å². The van der Waals surface area contributed by atoms with Gasteiger partial charge in [-0.1, -0.05) is 41.7 Å². The van der Waals surface area contributed by atoms with Crippen LogP contribution in [-0.4, -0.2) is 36.8 Å². The van der Waals surface area contributed by atoms with Crippen molar-refractivity contribution < 1.29 is 28.5 Å². The van der Waals surface area contributed by atoms with Crippen molar-refractivity contribution in [1.82, 2.24) is 4.57 Å². The van der Waals surface area contributed by atoms with E-state index in [1.807, 2.05) is 47.0 Å². The van der Waals surface area contributed by atoms with Gasteiger partial charge >= 0.3 is 5.97 Å². The number of carbonyl (C=O) groups excluding carboxylic acids is 2. The van der Waals surface area contributed by atoms with Crippen LogP contribution in [0, 0.1) is 0 Å². The van der Waals surface area contributed by atoms with E-state index in [2.05, 4.69) is 4.99 Å². The molecule has 1 aliphatic heterocycles. The van der Waals surface area contributed by atoms with Crippen LogP contribution in [0.25, 0.3) is 10.2 Å². The molecule has 0 fully saturated rings. The van der Waals surface area contributed by atoms with Crippen molar-refractivity contribution in [2.75, 3.05) is 20.3 Å². The highest BCUT2D eigenvalue weighted by Gasteiger charge is 2.18. The predicted octanol–water partition coefficient (Wildman–Crippen LogP) is 4.57. The number of ether oxygens (including phenoxy) is 4. The minimum absolute atomic E-state index is 0.131. The lowest BCUT2D eigenvalue weighted by Crippen LogP contribution is -2.19. The number of nitrogens with zero attached hydrogens (tertiary/aromatic N) is 2. The number of aromatic nitrogens is 1. The average molecular weight is 491 g/mol. The molecule has 1 amide bonds. The number of hydrogen-bond acceptors (Lipinski definition) is 7. The van der Waals surface area contributed by atoms with Crippen LogP contribution in [0.2, 0.25) is 0 Å². The van der Waals surface area contributed by atoms with E-state index in [9.17, 15) is 9.59 Å². The highest BCUT2D eigenvalue weighted by Crippen LogP contribution is 2.35. The zero-order valence-corrected chi connectivity index (χ0v) is 19.7. The van der Waals surface area contributed by atoms with E-state index in [1.165, 1.54) is 18.4 Å². The summed E-state index contributed by atoms with van der Waals surface area (Å²) in [6.45, 7) is 1.22. The van der Waals surface area contributed by atoms with Gasteiger partial charge in [0.15, 0.2) is 16.3 Å². The monoisotopic (exact) mass is 490 g/mol. The first kappa shape index (κ1) is 22.7. The van der Waals surface area contributed by atoms with Crippen molar-refractivity contribution in [3.63, 3.8) is 0 Å². The molecule has 5 rings (SSSR count). The second-order valence-electron chi connectivity index (χ2n) is 7.65. The van der Waals surface area contributed by atoms with Gasteiger partial charge in [-0.05, 0) is 24.3 Å². The largest absolute Gasteiger partial charge is 0.486 e. The van der Waals surface area contributed by atoms with Gasteiger partial charge in [-0.2, -0.15) is 4.99 Å². The number of benzene rings is 3. The molecule has 3 aromatic carbocycles. The van der Waals surface area contributed by atoms with Gasteiger partial charge in [0.1, 0.15) is 24.7 Å². The van der Waals surface area contributed by atoms with Crippen molar-refractivity contribution in [1.29, 1.82) is 0 Å². The predicted molar refractivity (Wildman–Crippen MR) is 130 cm³/mol. The molecule has 0 unspecified atom stereocenters. The molecule has 0 bridgehead atoms. The SMILES string of the molecule is COC(=O)CCn1c(=NC(=O)c2ccccc2Oc2ccccc2)sc2cc3c(cc21)OCCO3. The normalized spacial score (nSPS) is 13.0. The number of aryl methyl sites for hydroxylation is 1. The number of fused-ring (bicyclic) bond motifs is 2. The Balaban J connectivity index is 1.57. The molecule has 0 N–H and O–H groups in total. The molecule has 35 heavy (non-hydrogen) atoms. The lowest BCUT2D eigenvalue weighted by atomic mass is 10.2. The van der Waals surface area contributed by atoms with Gasteiger partial charge in [-0.15, -0.1) is 0 Å². The van der Waals surface area contributed by atoms with E-state index in [1.54, 1.807) is 24.3 Å². The van der Waals surface area contributed by atoms with Crippen LogP contribution in [0.4, 0.5) is 0 Å². The molecule has 0 spiro atoms. The van der Waals surface area contributed by atoms with Crippen molar-refractivity contribution >= 4 is 33.4 Å². The van der Waals surface area contributed by atoms with E-state index in [0.29, 0.717) is 53.1 Å². The molecule has 0 radical (unpaired) electrons. The van der Waals surface area contributed by atoms with Crippen molar-refractivity contribution in [2.45, 2.75) is 13.0 Å². The van der Waals surface area contributed by atoms with Gasteiger partial charge in [0.2, 0.25) is 0 Å². The Kier molecular flexibility index (Phi) is 6.49. The zero-order valence-electron chi connectivity index (χ0n) is 18.9. The summed E-state index contributed by atoms with van der Waals surface area (Å²) in [5, 5.41) is 0. The first-order chi connectivity index (χ1) is 17.1. The minimum Gasteiger partial charge on any atom is -0.486 e. The topological polar surface area (TPSA) is 88.4 Å². The summed E-state index contributed by atoms with van der Waals surface area (Å²) in [6, 6.07) is 19.9. The van der Waals surface area contributed by atoms with E-state index < -0.39 is 5.91 Å². The zero-order chi connectivity index (χ0) is 24.2. The molecule has 0 saturated carbocycles. The molecule has 1 aliphatic rings. The Labute approximate surface area is 205 Å². The average Bonchev–Trinajstić information content (AvgIpc) is 3.22. The van der Waals surface area contributed by atoms with Crippen LogP contribution >= 0.6 is 11.3 Å². The van der Waals surface area contributed by atoms with E-state index in [4.69, 9.17) is 18.9 Å². The fraction of sp³-hybridized carbons (Fsp3) is 0.192. The quantitative estimate of drug-likeness (QED) is 0.368. The maximum absolute atomic E-state index is 13.3. The van der Waals surface area contributed by atoms with Gasteiger partial charge in [0.05, 0.1) is 29.3 Å². The first-order valence-electron chi connectivity index (χ1n) is 11.0. The molecule has 0 atom stereocenters. The number of para-hydroxylation sites is 2. The van der Waals surface area contributed by atoms with Crippen molar-refractivity contribution in [3.8, 4) is 23.0 Å². The van der Waals surface area contributed by atoms with Crippen LogP contribution < -0.4 is 19.0 Å². The molecule has 9 heteroatoms. The lowest BCUT2D eigenvalue weighted by molar-refractivity contribution is -0.140. The third-order valence-electron chi connectivity index (χ3n) is 5.40. The van der Waals surface area contributed by atoms with Crippen LogP contribution in [-0.2, 0) is 16.1 Å². The Morgan fingerprint density at radius 1 is 1.00 bits per heavy atom. The number of carbonyl (C=O) groups is 2. The molecule has 0 aliphatic carbocycles. The number of rotatable bonds is 6. The molecule has 4 aromatic rings. The van der Waals surface area contributed by atoms with Gasteiger partial charge in [0, 0.05) is 18.7 Å². The molecule has 1 aromatic heterocycles. The molecule has 178 valence electrons. The summed E-state index contributed by atoms with van der Waals surface area (Å²) in [5.41, 5.74) is 1.13. The Hall–Kier alpha value is -4.11. The Morgan fingerprint density at radius 2 is 1.71 bits per heavy atom. The van der Waals surface area contributed by atoms with Crippen LogP contribution in [0.15, 0.2) is 71.7 Å². The second-order valence-corrected chi connectivity index (χ2v) is 8.66. The third-order valence-corrected chi connectivity index (χ3v) is 6.44. The number of thiazole rings is 1. The van der Waals surface area contributed by atoms with Crippen LogP contribution in [0.1, 0.15) is 16.8 Å². The Bertz CT molecular complexity index is 1460. The van der Waals surface area contributed by atoms with Crippen molar-refractivity contribution in [2.24, 2.45) is 4.99 Å². The first-order valence-corrected chi connectivity index (χ1v) is 11.8. The second kappa shape index (κ2) is 10.0. The van der Waals surface area contributed by atoms with Crippen molar-refractivity contribution in [3.05, 3.63) is 77.1 Å². The summed E-state index contributed by atoms with van der Waals surface area (Å²) >= 11 is 1.34. The maximum Gasteiger partial charge on any atom is 0.307 e. The minimum atomic E-state index is -0.452. The maximum atomic E-state index is 13.3. The highest BCUT2D eigenvalue weighted by atomic mass is 32.1.